The van der Waals surface area contributed by atoms with Crippen LogP contribution in [0.2, 0.25) is 0 Å². The second kappa shape index (κ2) is 5.16. The van der Waals surface area contributed by atoms with E-state index in [1.54, 1.807) is 0 Å². The van der Waals surface area contributed by atoms with Crippen LogP contribution in [-0.4, -0.2) is 24.9 Å². The lowest BCUT2D eigenvalue weighted by Gasteiger charge is -2.34. The van der Waals surface area contributed by atoms with Crippen molar-refractivity contribution in [2.45, 2.75) is 50.9 Å². The normalized spacial score (nSPS) is 33.0. The van der Waals surface area contributed by atoms with E-state index >= 15 is 0 Å². The van der Waals surface area contributed by atoms with E-state index in [-0.39, 0.29) is 18.9 Å². The molecule has 5 heteroatoms. The van der Waals surface area contributed by atoms with E-state index in [0.29, 0.717) is 13.0 Å². The van der Waals surface area contributed by atoms with Crippen molar-refractivity contribution in [2.75, 3.05) is 6.61 Å². The highest BCUT2D eigenvalue weighted by Crippen LogP contribution is 2.37. The van der Waals surface area contributed by atoms with Crippen LogP contribution in [-0.2, 0) is 4.74 Å². The molecule has 0 aromatic rings. The first-order chi connectivity index (χ1) is 6.95. The second-order valence-corrected chi connectivity index (χ2v) is 4.12. The molecule has 0 bridgehead atoms. The number of halogens is 3. The zero-order chi connectivity index (χ0) is 11.5. The van der Waals surface area contributed by atoms with E-state index in [4.69, 9.17) is 10.5 Å². The Balaban J connectivity index is 2.41. The Labute approximate surface area is 88.0 Å². The maximum Gasteiger partial charge on any atom is 0.391 e. The van der Waals surface area contributed by atoms with E-state index in [1.807, 2.05) is 6.92 Å². The fourth-order valence-electron chi connectivity index (χ4n) is 1.95. The predicted molar refractivity (Wildman–Crippen MR) is 51.4 cm³/mol. The summed E-state index contributed by atoms with van der Waals surface area (Å²) in [6, 6.07) is -0.475. The van der Waals surface area contributed by atoms with Gasteiger partial charge in [-0.2, -0.15) is 13.2 Å². The Morgan fingerprint density at radius 2 is 2.00 bits per heavy atom. The molecule has 0 saturated heterocycles. The minimum absolute atomic E-state index is 0.00210. The van der Waals surface area contributed by atoms with Gasteiger partial charge in [-0.3, -0.25) is 0 Å². The summed E-state index contributed by atoms with van der Waals surface area (Å²) in [7, 11) is 0. The first-order valence-corrected chi connectivity index (χ1v) is 5.39. The average molecular weight is 225 g/mol. The molecule has 3 atom stereocenters. The lowest BCUT2D eigenvalue weighted by molar-refractivity contribution is -0.189. The van der Waals surface area contributed by atoms with Crippen LogP contribution in [0.4, 0.5) is 13.2 Å². The van der Waals surface area contributed by atoms with Gasteiger partial charge in [-0.1, -0.05) is 6.92 Å². The smallest absolute Gasteiger partial charge is 0.377 e. The van der Waals surface area contributed by atoms with Crippen molar-refractivity contribution >= 4 is 0 Å². The number of alkyl halides is 3. The first kappa shape index (κ1) is 12.8. The monoisotopic (exact) mass is 225 g/mol. The molecule has 1 aliphatic carbocycles. The SMILES string of the molecule is CCCO[C@H]1CC[C@@H](C(F)(F)F)C[C@@H]1N. The van der Waals surface area contributed by atoms with Gasteiger partial charge in [0, 0.05) is 12.6 Å². The maximum atomic E-state index is 12.4. The Kier molecular flexibility index (Phi) is 4.40. The molecular formula is C10H18F3NO. The Morgan fingerprint density at radius 3 is 2.47 bits per heavy atom. The summed E-state index contributed by atoms with van der Waals surface area (Å²) < 4.78 is 42.6. The number of ether oxygens (including phenoxy) is 1. The minimum atomic E-state index is -4.10. The van der Waals surface area contributed by atoms with Gasteiger partial charge in [-0.15, -0.1) is 0 Å². The summed E-state index contributed by atoms with van der Waals surface area (Å²) in [6.07, 6.45) is -2.86. The molecular weight excluding hydrogens is 207 g/mol. The third kappa shape index (κ3) is 3.65. The lowest BCUT2D eigenvalue weighted by Crippen LogP contribution is -2.45. The molecule has 90 valence electrons. The van der Waals surface area contributed by atoms with Crippen LogP contribution in [0.25, 0.3) is 0 Å². The highest BCUT2D eigenvalue weighted by Gasteiger charge is 2.44. The lowest BCUT2D eigenvalue weighted by atomic mass is 9.83. The molecule has 2 nitrogen and oxygen atoms in total. The van der Waals surface area contributed by atoms with Crippen LogP contribution < -0.4 is 5.73 Å². The van der Waals surface area contributed by atoms with Crippen molar-refractivity contribution in [3.05, 3.63) is 0 Å². The van der Waals surface area contributed by atoms with Gasteiger partial charge >= 0.3 is 6.18 Å². The Bertz CT molecular complexity index is 196. The summed E-state index contributed by atoms with van der Waals surface area (Å²) in [5.41, 5.74) is 5.68. The summed E-state index contributed by atoms with van der Waals surface area (Å²) in [5.74, 6) is -1.24. The van der Waals surface area contributed by atoms with Crippen molar-refractivity contribution < 1.29 is 17.9 Å². The van der Waals surface area contributed by atoms with Gasteiger partial charge in [0.15, 0.2) is 0 Å². The third-order valence-electron chi connectivity index (χ3n) is 2.83. The zero-order valence-electron chi connectivity index (χ0n) is 8.89. The van der Waals surface area contributed by atoms with Crippen LogP contribution in [0.5, 0.6) is 0 Å². The van der Waals surface area contributed by atoms with E-state index in [9.17, 15) is 13.2 Å². The van der Waals surface area contributed by atoms with Gasteiger partial charge in [0.05, 0.1) is 12.0 Å². The van der Waals surface area contributed by atoms with Crippen LogP contribution >= 0.6 is 0 Å². The van der Waals surface area contributed by atoms with Crippen molar-refractivity contribution in [2.24, 2.45) is 11.7 Å². The molecule has 15 heavy (non-hydrogen) atoms. The molecule has 0 aromatic heterocycles. The summed E-state index contributed by atoms with van der Waals surface area (Å²) >= 11 is 0. The molecule has 0 spiro atoms. The minimum Gasteiger partial charge on any atom is -0.377 e. The summed E-state index contributed by atoms with van der Waals surface area (Å²) in [4.78, 5) is 0. The van der Waals surface area contributed by atoms with Crippen LogP contribution in [0.3, 0.4) is 0 Å². The van der Waals surface area contributed by atoms with E-state index < -0.39 is 18.1 Å². The number of rotatable bonds is 3. The molecule has 0 aliphatic heterocycles. The Morgan fingerprint density at radius 1 is 1.33 bits per heavy atom. The number of hydrogen-bond acceptors (Lipinski definition) is 2. The standard InChI is InChI=1S/C10H18F3NO/c1-2-5-15-9-4-3-7(6-8(9)14)10(11,12)13/h7-9H,2-6,14H2,1H3/t7-,8+,9+/m1/s1. The van der Waals surface area contributed by atoms with Crippen molar-refractivity contribution in [3.8, 4) is 0 Å². The second-order valence-electron chi connectivity index (χ2n) is 4.12. The maximum absolute atomic E-state index is 12.4. The van der Waals surface area contributed by atoms with Crippen molar-refractivity contribution in [3.63, 3.8) is 0 Å². The Hall–Kier alpha value is -0.290. The first-order valence-electron chi connectivity index (χ1n) is 5.39. The molecule has 1 fully saturated rings. The van der Waals surface area contributed by atoms with Gasteiger partial charge in [0.1, 0.15) is 0 Å². The highest BCUT2D eigenvalue weighted by atomic mass is 19.4. The highest BCUT2D eigenvalue weighted by molar-refractivity contribution is 4.86. The topological polar surface area (TPSA) is 35.2 Å². The van der Waals surface area contributed by atoms with Gasteiger partial charge in [0.25, 0.3) is 0 Å². The van der Waals surface area contributed by atoms with Crippen LogP contribution in [0.1, 0.15) is 32.6 Å². The average Bonchev–Trinajstić information content (AvgIpc) is 2.14. The quantitative estimate of drug-likeness (QED) is 0.800. The van der Waals surface area contributed by atoms with Crippen LogP contribution in [0.15, 0.2) is 0 Å². The molecule has 0 aromatic carbocycles. The number of nitrogens with two attached hydrogens (primary N) is 1. The third-order valence-corrected chi connectivity index (χ3v) is 2.83. The molecule has 2 N–H and O–H groups in total. The van der Waals surface area contributed by atoms with Crippen LogP contribution in [0, 0.1) is 5.92 Å². The molecule has 1 rings (SSSR count). The van der Waals surface area contributed by atoms with E-state index in [1.165, 1.54) is 0 Å². The van der Waals surface area contributed by atoms with E-state index in [2.05, 4.69) is 0 Å². The largest absolute Gasteiger partial charge is 0.391 e. The molecule has 0 heterocycles. The van der Waals surface area contributed by atoms with Gasteiger partial charge < -0.3 is 10.5 Å². The van der Waals surface area contributed by atoms with Crippen molar-refractivity contribution in [1.82, 2.24) is 0 Å². The molecule has 1 saturated carbocycles. The van der Waals surface area contributed by atoms with E-state index in [0.717, 1.165) is 6.42 Å². The van der Waals surface area contributed by atoms with Crippen molar-refractivity contribution in [1.29, 1.82) is 0 Å². The van der Waals surface area contributed by atoms with Gasteiger partial charge in [-0.25, -0.2) is 0 Å². The fourth-order valence-corrected chi connectivity index (χ4v) is 1.95. The molecule has 0 radical (unpaired) electrons. The number of hydrogen-bond donors (Lipinski definition) is 1. The molecule has 1 aliphatic rings. The van der Waals surface area contributed by atoms with Gasteiger partial charge in [0.2, 0.25) is 0 Å². The zero-order valence-corrected chi connectivity index (χ0v) is 8.89. The molecule has 0 unspecified atom stereocenters. The summed E-state index contributed by atoms with van der Waals surface area (Å²) in [6.45, 7) is 2.54. The van der Waals surface area contributed by atoms with Gasteiger partial charge in [-0.05, 0) is 25.7 Å². The fraction of sp³-hybridized carbons (Fsp3) is 1.00. The molecule has 0 amide bonds. The predicted octanol–water partition coefficient (Wildman–Crippen LogP) is 2.47. The summed E-state index contributed by atoms with van der Waals surface area (Å²) in [5, 5.41) is 0.